The first kappa shape index (κ1) is 18.3. The van der Waals surface area contributed by atoms with E-state index in [0.29, 0.717) is 18.9 Å². The maximum atomic E-state index is 12.5. The quantitative estimate of drug-likeness (QED) is 0.790. The van der Waals surface area contributed by atoms with Crippen LogP contribution in [0.25, 0.3) is 0 Å². The summed E-state index contributed by atoms with van der Waals surface area (Å²) in [7, 11) is 0. The Hall–Kier alpha value is -2.04. The van der Waals surface area contributed by atoms with Crippen LogP contribution in [0.1, 0.15) is 46.1 Å². The second-order valence-corrected chi connectivity index (χ2v) is 7.41. The molecule has 5 nitrogen and oxygen atoms in total. The molecule has 0 N–H and O–H groups in total. The van der Waals surface area contributed by atoms with E-state index >= 15 is 0 Å². The van der Waals surface area contributed by atoms with E-state index in [-0.39, 0.29) is 12.6 Å². The third kappa shape index (κ3) is 5.25. The largest absolute Gasteiger partial charge is 0.459 e. The fraction of sp³-hybridized carbons (Fsp3) is 0.579. The van der Waals surface area contributed by atoms with Crippen LogP contribution in [0.3, 0.4) is 0 Å². The van der Waals surface area contributed by atoms with Gasteiger partial charge in [-0.25, -0.2) is 9.59 Å². The maximum absolute atomic E-state index is 12.5. The topological polar surface area (TPSA) is 55.8 Å². The zero-order chi connectivity index (χ0) is 17.7. The summed E-state index contributed by atoms with van der Waals surface area (Å²) in [5.74, 6) is 0.00854. The lowest BCUT2D eigenvalue weighted by atomic mass is 9.93. The molecule has 0 aliphatic carbocycles. The van der Waals surface area contributed by atoms with E-state index < -0.39 is 17.7 Å². The number of benzene rings is 1. The van der Waals surface area contributed by atoms with Crippen LogP contribution in [-0.2, 0) is 20.9 Å². The van der Waals surface area contributed by atoms with Gasteiger partial charge in [-0.2, -0.15) is 0 Å². The van der Waals surface area contributed by atoms with Crippen LogP contribution >= 0.6 is 0 Å². The highest BCUT2D eigenvalue weighted by Crippen LogP contribution is 2.25. The number of ether oxygens (including phenoxy) is 2. The predicted octanol–water partition coefficient (Wildman–Crippen LogP) is 3.77. The number of rotatable bonds is 3. The number of hydrogen-bond acceptors (Lipinski definition) is 4. The van der Waals surface area contributed by atoms with Gasteiger partial charge in [0, 0.05) is 6.54 Å². The van der Waals surface area contributed by atoms with Gasteiger partial charge in [0.05, 0.1) is 0 Å². The molecule has 2 rings (SSSR count). The second-order valence-electron chi connectivity index (χ2n) is 7.41. The van der Waals surface area contributed by atoms with Crippen molar-refractivity contribution >= 4 is 12.1 Å². The van der Waals surface area contributed by atoms with Crippen molar-refractivity contribution in [2.75, 3.05) is 6.54 Å². The van der Waals surface area contributed by atoms with Gasteiger partial charge in [0.2, 0.25) is 0 Å². The molecule has 1 aliphatic heterocycles. The lowest BCUT2D eigenvalue weighted by molar-refractivity contribution is -0.153. The molecule has 0 spiro atoms. The monoisotopic (exact) mass is 333 g/mol. The molecule has 1 amide bonds. The summed E-state index contributed by atoms with van der Waals surface area (Å²) in [6.07, 6.45) is 1.02. The van der Waals surface area contributed by atoms with Gasteiger partial charge in [-0.3, -0.25) is 4.90 Å². The summed E-state index contributed by atoms with van der Waals surface area (Å²) >= 11 is 0. The third-order valence-electron chi connectivity index (χ3n) is 3.99. The number of carbonyl (C=O) groups excluding carboxylic acids is 2. The molecule has 0 unspecified atom stereocenters. The molecular formula is C19H27NO4. The highest BCUT2D eigenvalue weighted by Gasteiger charge is 2.38. The van der Waals surface area contributed by atoms with Crippen molar-refractivity contribution in [1.29, 1.82) is 0 Å². The molecule has 0 bridgehead atoms. The first-order valence-corrected chi connectivity index (χ1v) is 8.46. The highest BCUT2D eigenvalue weighted by molar-refractivity contribution is 5.81. The van der Waals surface area contributed by atoms with E-state index in [4.69, 9.17) is 9.47 Å². The van der Waals surface area contributed by atoms with E-state index in [9.17, 15) is 9.59 Å². The minimum Gasteiger partial charge on any atom is -0.459 e. The van der Waals surface area contributed by atoms with Crippen LogP contribution in [0, 0.1) is 5.92 Å². The van der Waals surface area contributed by atoms with Crippen LogP contribution in [-0.4, -0.2) is 35.2 Å². The standard InChI is InChI=1S/C19H27NO4/c1-14-10-11-20(18(22)24-19(2,3)4)16(12-14)17(21)23-13-15-8-6-5-7-9-15/h5-9,14,16H,10-13H2,1-4H3/t14-,16+/m0/s1. The lowest BCUT2D eigenvalue weighted by Gasteiger charge is -2.37. The maximum Gasteiger partial charge on any atom is 0.411 e. The van der Waals surface area contributed by atoms with Crippen molar-refractivity contribution in [3.05, 3.63) is 35.9 Å². The Morgan fingerprint density at radius 1 is 1.21 bits per heavy atom. The molecule has 24 heavy (non-hydrogen) atoms. The summed E-state index contributed by atoms with van der Waals surface area (Å²) in [4.78, 5) is 26.4. The molecule has 2 atom stereocenters. The van der Waals surface area contributed by atoms with Gasteiger partial charge in [0.15, 0.2) is 0 Å². The van der Waals surface area contributed by atoms with Crippen molar-refractivity contribution in [3.63, 3.8) is 0 Å². The van der Waals surface area contributed by atoms with Gasteiger partial charge < -0.3 is 9.47 Å². The van der Waals surface area contributed by atoms with Gasteiger partial charge in [0.25, 0.3) is 0 Å². The number of hydrogen-bond donors (Lipinski definition) is 0. The minimum absolute atomic E-state index is 0.215. The number of esters is 1. The fourth-order valence-electron chi connectivity index (χ4n) is 2.73. The SMILES string of the molecule is C[C@H]1CCN(C(=O)OC(C)(C)C)[C@@H](C(=O)OCc2ccccc2)C1. The summed E-state index contributed by atoms with van der Waals surface area (Å²) in [5, 5.41) is 0. The summed E-state index contributed by atoms with van der Waals surface area (Å²) in [5.41, 5.74) is 0.345. The Labute approximate surface area is 143 Å². The number of piperidine rings is 1. The van der Waals surface area contributed by atoms with E-state index in [0.717, 1.165) is 12.0 Å². The average Bonchev–Trinajstić information content (AvgIpc) is 2.51. The Balaban J connectivity index is 2.02. The summed E-state index contributed by atoms with van der Waals surface area (Å²) < 4.78 is 10.9. The van der Waals surface area contributed by atoms with Gasteiger partial charge in [0.1, 0.15) is 18.2 Å². The fourth-order valence-corrected chi connectivity index (χ4v) is 2.73. The van der Waals surface area contributed by atoms with Gasteiger partial charge in [-0.1, -0.05) is 37.3 Å². The Morgan fingerprint density at radius 3 is 2.50 bits per heavy atom. The summed E-state index contributed by atoms with van der Waals surface area (Å²) in [6, 6.07) is 8.95. The molecule has 1 heterocycles. The van der Waals surface area contributed by atoms with Crippen LogP contribution < -0.4 is 0 Å². The van der Waals surface area contributed by atoms with Crippen LogP contribution in [0.4, 0.5) is 4.79 Å². The predicted molar refractivity (Wildman–Crippen MR) is 91.4 cm³/mol. The Bertz CT molecular complexity index is 564. The van der Waals surface area contributed by atoms with E-state index in [1.165, 1.54) is 4.90 Å². The van der Waals surface area contributed by atoms with E-state index in [1.54, 1.807) is 0 Å². The molecule has 0 aromatic heterocycles. The zero-order valence-electron chi connectivity index (χ0n) is 15.0. The lowest BCUT2D eigenvalue weighted by Crippen LogP contribution is -2.51. The smallest absolute Gasteiger partial charge is 0.411 e. The number of nitrogens with zero attached hydrogens (tertiary/aromatic N) is 1. The molecule has 1 aliphatic rings. The van der Waals surface area contributed by atoms with Crippen molar-refractivity contribution < 1.29 is 19.1 Å². The number of likely N-dealkylation sites (tertiary alicyclic amines) is 1. The van der Waals surface area contributed by atoms with Gasteiger partial charge in [-0.15, -0.1) is 0 Å². The molecule has 1 aromatic rings. The molecule has 0 saturated carbocycles. The van der Waals surface area contributed by atoms with Crippen molar-refractivity contribution in [1.82, 2.24) is 4.90 Å². The molecule has 1 fully saturated rings. The molecular weight excluding hydrogens is 306 g/mol. The highest BCUT2D eigenvalue weighted by atomic mass is 16.6. The second kappa shape index (κ2) is 7.69. The number of amides is 1. The van der Waals surface area contributed by atoms with Crippen molar-refractivity contribution in [3.8, 4) is 0 Å². The van der Waals surface area contributed by atoms with Crippen molar-refractivity contribution in [2.24, 2.45) is 5.92 Å². The molecule has 1 aromatic carbocycles. The third-order valence-corrected chi connectivity index (χ3v) is 3.99. The summed E-state index contributed by atoms with van der Waals surface area (Å²) in [6.45, 7) is 8.28. The Kier molecular flexibility index (Phi) is 5.86. The Morgan fingerprint density at radius 2 is 1.88 bits per heavy atom. The van der Waals surface area contributed by atoms with E-state index in [2.05, 4.69) is 6.92 Å². The average molecular weight is 333 g/mol. The first-order valence-electron chi connectivity index (χ1n) is 8.46. The minimum atomic E-state index is -0.585. The molecule has 132 valence electrons. The molecule has 1 saturated heterocycles. The molecule has 5 heteroatoms. The zero-order valence-corrected chi connectivity index (χ0v) is 15.0. The normalized spacial score (nSPS) is 21.2. The van der Waals surface area contributed by atoms with Crippen molar-refractivity contribution in [2.45, 2.75) is 58.8 Å². The van der Waals surface area contributed by atoms with Crippen LogP contribution in [0.5, 0.6) is 0 Å². The number of carbonyl (C=O) groups is 2. The van der Waals surface area contributed by atoms with E-state index in [1.807, 2.05) is 51.1 Å². The van der Waals surface area contributed by atoms with Crippen LogP contribution in [0.2, 0.25) is 0 Å². The van der Waals surface area contributed by atoms with Gasteiger partial charge >= 0.3 is 12.1 Å². The first-order chi connectivity index (χ1) is 11.3. The van der Waals surface area contributed by atoms with Crippen LogP contribution in [0.15, 0.2) is 30.3 Å². The van der Waals surface area contributed by atoms with Gasteiger partial charge in [-0.05, 0) is 45.1 Å². The molecule has 0 radical (unpaired) electrons.